The number of rotatable bonds is 5. The average molecular weight is 320 g/mol. The number of carboxylic acid groups (broad SMARTS) is 1. The van der Waals surface area contributed by atoms with Crippen LogP contribution in [-0.2, 0) is 10.0 Å². The Kier molecular flexibility index (Phi) is 4.37. The molecule has 0 fully saturated rings. The van der Waals surface area contributed by atoms with Gasteiger partial charge in [-0.1, -0.05) is 12.1 Å². The second-order valence-corrected chi connectivity index (χ2v) is 6.46. The van der Waals surface area contributed by atoms with E-state index in [1.54, 1.807) is 24.3 Å². The predicted molar refractivity (Wildman–Crippen MR) is 79.4 cm³/mol. The summed E-state index contributed by atoms with van der Waals surface area (Å²) in [6.45, 7) is 0. The number of anilines is 1. The van der Waals surface area contributed by atoms with Crippen LogP contribution in [0.3, 0.4) is 0 Å². The van der Waals surface area contributed by atoms with Crippen molar-refractivity contribution in [1.29, 1.82) is 0 Å². The van der Waals surface area contributed by atoms with Gasteiger partial charge in [-0.05, 0) is 42.0 Å². The lowest BCUT2D eigenvalue weighted by atomic mass is 10.2. The van der Waals surface area contributed by atoms with Gasteiger partial charge >= 0.3 is 0 Å². The first-order valence-electron chi connectivity index (χ1n) is 6.30. The number of carbonyl (C=O) groups excluding carboxylic acids is 1. The van der Waals surface area contributed by atoms with Crippen LogP contribution in [0.25, 0.3) is 0 Å². The minimum atomic E-state index is -3.87. The number of nitrogens with zero attached hydrogens (tertiary/aromatic N) is 1. The molecule has 0 aromatic heterocycles. The monoisotopic (exact) mass is 320 g/mol. The van der Waals surface area contributed by atoms with Crippen molar-refractivity contribution in [1.82, 2.24) is 0 Å². The number of hydrogen-bond donors (Lipinski definition) is 0. The van der Waals surface area contributed by atoms with E-state index in [1.807, 2.05) is 0 Å². The second kappa shape index (κ2) is 6.07. The lowest BCUT2D eigenvalue weighted by Gasteiger charge is -2.20. The lowest BCUT2D eigenvalue weighted by Crippen LogP contribution is -2.27. The van der Waals surface area contributed by atoms with Gasteiger partial charge in [0.05, 0.1) is 23.7 Å². The van der Waals surface area contributed by atoms with Gasteiger partial charge in [-0.3, -0.25) is 4.31 Å². The molecule has 116 valence electrons. The molecule has 0 amide bonds. The maximum atomic E-state index is 12.5. The number of methoxy groups -OCH3 is 1. The van der Waals surface area contributed by atoms with Crippen LogP contribution in [0.1, 0.15) is 10.4 Å². The van der Waals surface area contributed by atoms with Crippen molar-refractivity contribution in [2.45, 2.75) is 4.90 Å². The summed E-state index contributed by atoms with van der Waals surface area (Å²) < 4.78 is 31.2. The normalized spacial score (nSPS) is 11.0. The van der Waals surface area contributed by atoms with Crippen molar-refractivity contribution in [3.8, 4) is 5.75 Å². The molecule has 0 saturated heterocycles. The van der Waals surface area contributed by atoms with Crippen molar-refractivity contribution < 1.29 is 23.1 Å². The Morgan fingerprint density at radius 1 is 1.14 bits per heavy atom. The van der Waals surface area contributed by atoms with E-state index < -0.39 is 16.0 Å². The van der Waals surface area contributed by atoms with Crippen LogP contribution in [0.4, 0.5) is 5.69 Å². The van der Waals surface area contributed by atoms with E-state index in [-0.39, 0.29) is 10.5 Å². The first-order chi connectivity index (χ1) is 10.4. The molecule has 0 N–H and O–H groups in total. The Labute approximate surface area is 128 Å². The van der Waals surface area contributed by atoms with E-state index in [1.165, 1.54) is 32.4 Å². The number of sulfonamides is 1. The van der Waals surface area contributed by atoms with Gasteiger partial charge in [-0.15, -0.1) is 0 Å². The summed E-state index contributed by atoms with van der Waals surface area (Å²) in [5.74, 6) is -0.822. The zero-order valence-electron chi connectivity index (χ0n) is 12.0. The van der Waals surface area contributed by atoms with Crippen LogP contribution in [-0.4, -0.2) is 28.5 Å². The fourth-order valence-electron chi connectivity index (χ4n) is 1.87. The molecule has 2 aromatic rings. The maximum absolute atomic E-state index is 12.5. The van der Waals surface area contributed by atoms with Crippen molar-refractivity contribution >= 4 is 21.7 Å². The largest absolute Gasteiger partial charge is 0.545 e. The smallest absolute Gasteiger partial charge is 0.264 e. The van der Waals surface area contributed by atoms with Crippen LogP contribution in [0.2, 0.25) is 0 Å². The van der Waals surface area contributed by atoms with Crippen molar-refractivity contribution in [2.75, 3.05) is 18.5 Å². The van der Waals surface area contributed by atoms with Crippen LogP contribution in [0.5, 0.6) is 5.75 Å². The molecule has 0 aliphatic heterocycles. The quantitative estimate of drug-likeness (QED) is 0.816. The van der Waals surface area contributed by atoms with Gasteiger partial charge in [0, 0.05) is 7.05 Å². The number of ether oxygens (including phenoxy) is 1. The van der Waals surface area contributed by atoms with E-state index in [9.17, 15) is 18.3 Å². The Morgan fingerprint density at radius 3 is 2.32 bits per heavy atom. The Bertz CT molecular complexity index is 784. The minimum absolute atomic E-state index is 0.118. The maximum Gasteiger partial charge on any atom is 0.264 e. The summed E-state index contributed by atoms with van der Waals surface area (Å²) in [7, 11) is -0.960. The van der Waals surface area contributed by atoms with Gasteiger partial charge < -0.3 is 14.6 Å². The minimum Gasteiger partial charge on any atom is -0.545 e. The van der Waals surface area contributed by atoms with Crippen molar-refractivity contribution in [3.05, 3.63) is 54.1 Å². The fraction of sp³-hybridized carbons (Fsp3) is 0.133. The highest BCUT2D eigenvalue weighted by molar-refractivity contribution is 7.92. The summed E-state index contributed by atoms with van der Waals surface area (Å²) in [5.41, 5.74) is 0.240. The van der Waals surface area contributed by atoms with Crippen LogP contribution in [0, 0.1) is 0 Å². The molecule has 0 heterocycles. The molecular formula is C15H14NO5S-. The molecule has 0 atom stereocenters. The summed E-state index contributed by atoms with van der Waals surface area (Å²) in [4.78, 5) is 10.7. The lowest BCUT2D eigenvalue weighted by molar-refractivity contribution is -0.255. The Balaban J connectivity index is 2.40. The summed E-state index contributed by atoms with van der Waals surface area (Å²) >= 11 is 0. The second-order valence-electron chi connectivity index (χ2n) is 4.49. The standard InChI is InChI=1S/C15H15NO5S/c1-16(12-6-8-13(21-2)9-7-12)22(19,20)14-5-3-4-11(10-14)15(17)18/h3-10H,1-2H3,(H,17,18)/p-1. The molecular weight excluding hydrogens is 306 g/mol. The first kappa shape index (κ1) is 15.8. The summed E-state index contributed by atoms with van der Waals surface area (Å²) in [5, 5.41) is 10.9. The zero-order chi connectivity index (χ0) is 16.3. The van der Waals surface area contributed by atoms with Gasteiger partial charge in [0.2, 0.25) is 0 Å². The number of carboxylic acids is 1. The van der Waals surface area contributed by atoms with Crippen molar-refractivity contribution in [3.63, 3.8) is 0 Å². The van der Waals surface area contributed by atoms with E-state index >= 15 is 0 Å². The molecule has 2 rings (SSSR count). The highest BCUT2D eigenvalue weighted by Gasteiger charge is 2.21. The molecule has 22 heavy (non-hydrogen) atoms. The van der Waals surface area contributed by atoms with E-state index in [4.69, 9.17) is 4.74 Å². The van der Waals surface area contributed by atoms with Gasteiger partial charge in [-0.25, -0.2) is 8.42 Å². The van der Waals surface area contributed by atoms with Crippen LogP contribution < -0.4 is 14.1 Å². The predicted octanol–water partition coefficient (Wildman–Crippen LogP) is 0.884. The molecule has 0 bridgehead atoms. The Morgan fingerprint density at radius 2 is 1.77 bits per heavy atom. The SMILES string of the molecule is COc1ccc(N(C)S(=O)(=O)c2cccc(C(=O)[O-])c2)cc1. The third kappa shape index (κ3) is 3.04. The number of carbonyl (C=O) groups is 1. The number of benzene rings is 2. The first-order valence-corrected chi connectivity index (χ1v) is 7.74. The molecule has 0 radical (unpaired) electrons. The highest BCUT2D eigenvalue weighted by Crippen LogP contribution is 2.24. The van der Waals surface area contributed by atoms with E-state index in [2.05, 4.69) is 0 Å². The average Bonchev–Trinajstić information content (AvgIpc) is 2.54. The summed E-state index contributed by atoms with van der Waals surface area (Å²) in [6, 6.07) is 11.5. The number of hydrogen-bond acceptors (Lipinski definition) is 5. The molecule has 0 spiro atoms. The highest BCUT2D eigenvalue weighted by atomic mass is 32.2. The molecule has 2 aromatic carbocycles. The zero-order valence-corrected chi connectivity index (χ0v) is 12.8. The third-order valence-corrected chi connectivity index (χ3v) is 4.95. The van der Waals surface area contributed by atoms with Crippen LogP contribution >= 0.6 is 0 Å². The molecule has 6 nitrogen and oxygen atoms in total. The Hall–Kier alpha value is -2.54. The number of aromatic carboxylic acids is 1. The van der Waals surface area contributed by atoms with Gasteiger partial charge in [-0.2, -0.15) is 0 Å². The molecule has 0 aliphatic carbocycles. The summed E-state index contributed by atoms with van der Waals surface area (Å²) in [6.07, 6.45) is 0. The molecule has 0 unspecified atom stereocenters. The van der Waals surface area contributed by atoms with E-state index in [0.717, 1.165) is 10.4 Å². The van der Waals surface area contributed by atoms with Gasteiger partial charge in [0.15, 0.2) is 0 Å². The molecule has 0 aliphatic rings. The third-order valence-electron chi connectivity index (χ3n) is 3.16. The topological polar surface area (TPSA) is 86.7 Å². The van der Waals surface area contributed by atoms with Crippen LogP contribution in [0.15, 0.2) is 53.4 Å². The fourth-order valence-corrected chi connectivity index (χ4v) is 3.11. The molecule has 0 saturated carbocycles. The van der Waals surface area contributed by atoms with E-state index in [0.29, 0.717) is 11.4 Å². The van der Waals surface area contributed by atoms with Gasteiger partial charge in [0.25, 0.3) is 10.0 Å². The molecule has 7 heteroatoms. The van der Waals surface area contributed by atoms with Crippen molar-refractivity contribution in [2.24, 2.45) is 0 Å². The van der Waals surface area contributed by atoms with Gasteiger partial charge in [0.1, 0.15) is 5.75 Å².